The fourth-order valence-corrected chi connectivity index (χ4v) is 2.75. The lowest BCUT2D eigenvalue weighted by atomic mass is 10.2. The van der Waals surface area contributed by atoms with E-state index in [0.717, 1.165) is 18.0 Å². The molecule has 6 nitrogen and oxygen atoms in total. The number of benzene rings is 1. The van der Waals surface area contributed by atoms with E-state index in [1.807, 2.05) is 35.6 Å². The van der Waals surface area contributed by atoms with E-state index in [0.29, 0.717) is 13.0 Å². The zero-order chi connectivity index (χ0) is 14.1. The molecule has 2 aliphatic rings. The third kappa shape index (κ3) is 2.30. The molecule has 0 bridgehead atoms. The van der Waals surface area contributed by atoms with Crippen molar-refractivity contribution < 1.29 is 14.4 Å². The third-order valence-corrected chi connectivity index (χ3v) is 3.71. The number of hydrogen-bond donors (Lipinski definition) is 1. The first-order valence-corrected chi connectivity index (χ1v) is 6.60. The molecule has 20 heavy (non-hydrogen) atoms. The van der Waals surface area contributed by atoms with Crippen molar-refractivity contribution >= 4 is 17.8 Å². The van der Waals surface area contributed by atoms with Crippen molar-refractivity contribution in [1.29, 1.82) is 0 Å². The summed E-state index contributed by atoms with van der Waals surface area (Å²) in [4.78, 5) is 37.7. The number of carbonyl (C=O) groups excluding carboxylic acids is 3. The summed E-state index contributed by atoms with van der Waals surface area (Å²) in [6.45, 7) is 2.21. The van der Waals surface area contributed by atoms with Gasteiger partial charge in [0.2, 0.25) is 0 Å². The second kappa shape index (κ2) is 5.05. The number of hydrogen-bond acceptors (Lipinski definition) is 4. The highest BCUT2D eigenvalue weighted by atomic mass is 16.2. The first-order chi connectivity index (χ1) is 9.65. The van der Waals surface area contributed by atoms with Crippen LogP contribution < -0.4 is 5.32 Å². The van der Waals surface area contributed by atoms with E-state index in [-0.39, 0.29) is 6.04 Å². The Balaban J connectivity index is 1.64. The van der Waals surface area contributed by atoms with Crippen LogP contribution in [0.2, 0.25) is 0 Å². The van der Waals surface area contributed by atoms with E-state index < -0.39 is 17.8 Å². The molecule has 1 unspecified atom stereocenters. The Bertz CT molecular complexity index is 558. The monoisotopic (exact) mass is 273 g/mol. The van der Waals surface area contributed by atoms with Crippen LogP contribution in [0.25, 0.3) is 0 Å². The van der Waals surface area contributed by atoms with Crippen molar-refractivity contribution in [2.45, 2.75) is 19.0 Å². The average molecular weight is 273 g/mol. The predicted molar refractivity (Wildman–Crippen MR) is 70.5 cm³/mol. The molecular weight excluding hydrogens is 258 g/mol. The number of nitrogens with one attached hydrogen (secondary N) is 1. The van der Waals surface area contributed by atoms with Crippen LogP contribution in [0, 0.1) is 0 Å². The minimum Gasteiger partial charge on any atom is -0.297 e. The van der Waals surface area contributed by atoms with Gasteiger partial charge in [0.25, 0.3) is 0 Å². The van der Waals surface area contributed by atoms with Crippen molar-refractivity contribution in [1.82, 2.24) is 15.1 Å². The minimum atomic E-state index is -0.823. The second-order valence-corrected chi connectivity index (χ2v) is 5.10. The highest BCUT2D eigenvalue weighted by Crippen LogP contribution is 2.20. The fourth-order valence-electron chi connectivity index (χ4n) is 2.75. The maximum Gasteiger partial charge on any atom is 0.331 e. The van der Waals surface area contributed by atoms with Crippen LogP contribution in [-0.4, -0.2) is 46.8 Å². The number of imide groups is 2. The van der Waals surface area contributed by atoms with Crippen LogP contribution in [0.1, 0.15) is 12.0 Å². The van der Waals surface area contributed by atoms with Gasteiger partial charge in [-0.3, -0.25) is 24.7 Å². The summed E-state index contributed by atoms with van der Waals surface area (Å²) in [5.74, 6) is -1.56. The Hall–Kier alpha value is -2.21. The van der Waals surface area contributed by atoms with Gasteiger partial charge in [-0.15, -0.1) is 0 Å². The summed E-state index contributed by atoms with van der Waals surface area (Å²) in [6.07, 6.45) is 0.708. The molecule has 0 spiro atoms. The molecule has 2 heterocycles. The zero-order valence-electron chi connectivity index (χ0n) is 10.9. The van der Waals surface area contributed by atoms with Crippen LogP contribution in [0.3, 0.4) is 0 Å². The molecule has 1 atom stereocenters. The van der Waals surface area contributed by atoms with Crippen LogP contribution >= 0.6 is 0 Å². The second-order valence-electron chi connectivity index (χ2n) is 5.10. The molecule has 0 radical (unpaired) electrons. The maximum absolute atomic E-state index is 11.6. The molecule has 6 heteroatoms. The third-order valence-electron chi connectivity index (χ3n) is 3.71. The molecule has 4 amide bonds. The Morgan fingerprint density at radius 1 is 1.15 bits per heavy atom. The molecule has 1 aromatic rings. The standard InChI is InChI=1S/C14H15N3O3/c18-12-13(19)17(14(20)15-12)11-6-7-16(9-11)8-10-4-2-1-3-5-10/h1-5,11H,6-9H2,(H,15,18,20). The highest BCUT2D eigenvalue weighted by Gasteiger charge is 2.43. The van der Waals surface area contributed by atoms with Gasteiger partial charge in [0.15, 0.2) is 0 Å². The van der Waals surface area contributed by atoms with Crippen LogP contribution in [-0.2, 0) is 16.1 Å². The lowest BCUT2D eigenvalue weighted by molar-refractivity contribution is -0.141. The Labute approximate surface area is 116 Å². The van der Waals surface area contributed by atoms with Crippen LogP contribution in [0.5, 0.6) is 0 Å². The molecule has 0 aliphatic carbocycles. The number of nitrogens with zero attached hydrogens (tertiary/aromatic N) is 2. The molecule has 2 fully saturated rings. The topological polar surface area (TPSA) is 69.7 Å². The van der Waals surface area contributed by atoms with Crippen molar-refractivity contribution in [3.8, 4) is 0 Å². The highest BCUT2D eigenvalue weighted by molar-refractivity contribution is 6.44. The number of urea groups is 1. The van der Waals surface area contributed by atoms with Gasteiger partial charge < -0.3 is 0 Å². The number of likely N-dealkylation sites (tertiary alicyclic amines) is 1. The van der Waals surface area contributed by atoms with E-state index in [2.05, 4.69) is 4.90 Å². The Morgan fingerprint density at radius 3 is 2.55 bits per heavy atom. The van der Waals surface area contributed by atoms with Gasteiger partial charge in [0.1, 0.15) is 0 Å². The molecule has 3 rings (SSSR count). The van der Waals surface area contributed by atoms with Gasteiger partial charge in [-0.2, -0.15) is 0 Å². The lowest BCUT2D eigenvalue weighted by Crippen LogP contribution is -2.42. The average Bonchev–Trinajstić information content (AvgIpc) is 2.97. The van der Waals surface area contributed by atoms with Crippen molar-refractivity contribution in [3.05, 3.63) is 35.9 Å². The van der Waals surface area contributed by atoms with E-state index >= 15 is 0 Å². The lowest BCUT2D eigenvalue weighted by Gasteiger charge is -2.20. The van der Waals surface area contributed by atoms with Gasteiger partial charge in [-0.25, -0.2) is 4.79 Å². The number of amides is 4. The summed E-state index contributed by atoms with van der Waals surface area (Å²) >= 11 is 0. The normalized spacial score (nSPS) is 23.5. The van der Waals surface area contributed by atoms with Gasteiger partial charge in [0.05, 0.1) is 6.04 Å². The summed E-state index contributed by atoms with van der Waals surface area (Å²) in [5.41, 5.74) is 1.20. The molecule has 0 saturated carbocycles. The molecule has 104 valence electrons. The smallest absolute Gasteiger partial charge is 0.297 e. The minimum absolute atomic E-state index is 0.210. The summed E-state index contributed by atoms with van der Waals surface area (Å²) in [7, 11) is 0. The summed E-state index contributed by atoms with van der Waals surface area (Å²) in [5, 5.41) is 2.04. The van der Waals surface area contributed by atoms with Crippen LogP contribution in [0.4, 0.5) is 4.79 Å². The van der Waals surface area contributed by atoms with E-state index in [4.69, 9.17) is 0 Å². The maximum atomic E-state index is 11.6. The van der Waals surface area contributed by atoms with E-state index in [1.54, 1.807) is 0 Å². The molecular formula is C14H15N3O3. The molecule has 0 aromatic heterocycles. The quantitative estimate of drug-likeness (QED) is 0.637. The largest absolute Gasteiger partial charge is 0.331 e. The summed E-state index contributed by atoms with van der Waals surface area (Å²) < 4.78 is 0. The number of carbonyl (C=O) groups is 3. The van der Waals surface area contributed by atoms with Gasteiger partial charge in [-0.1, -0.05) is 30.3 Å². The zero-order valence-corrected chi connectivity index (χ0v) is 10.9. The van der Waals surface area contributed by atoms with Gasteiger partial charge >= 0.3 is 17.8 Å². The van der Waals surface area contributed by atoms with E-state index in [9.17, 15) is 14.4 Å². The molecule has 1 N–H and O–H groups in total. The fraction of sp³-hybridized carbons (Fsp3) is 0.357. The van der Waals surface area contributed by atoms with Gasteiger partial charge in [-0.05, 0) is 12.0 Å². The Kier molecular flexibility index (Phi) is 3.23. The van der Waals surface area contributed by atoms with Gasteiger partial charge in [0, 0.05) is 19.6 Å². The van der Waals surface area contributed by atoms with E-state index in [1.165, 1.54) is 5.56 Å². The first-order valence-electron chi connectivity index (χ1n) is 6.60. The van der Waals surface area contributed by atoms with Crippen molar-refractivity contribution in [3.63, 3.8) is 0 Å². The number of rotatable bonds is 3. The van der Waals surface area contributed by atoms with Crippen LogP contribution in [0.15, 0.2) is 30.3 Å². The predicted octanol–water partition coefficient (Wildman–Crippen LogP) is 0.339. The van der Waals surface area contributed by atoms with Crippen molar-refractivity contribution in [2.75, 3.05) is 13.1 Å². The van der Waals surface area contributed by atoms with Crippen molar-refractivity contribution in [2.24, 2.45) is 0 Å². The molecule has 1 aromatic carbocycles. The molecule has 2 aliphatic heterocycles. The molecule has 2 saturated heterocycles. The summed E-state index contributed by atoms with van der Waals surface area (Å²) in [6, 6.07) is 9.23. The Morgan fingerprint density at radius 2 is 1.90 bits per heavy atom. The first kappa shape index (κ1) is 12.8. The SMILES string of the molecule is O=C1NC(=O)N(C2CCN(Cc3ccccc3)C2)C1=O.